The molecule has 2 rings (SSSR count). The van der Waals surface area contributed by atoms with Crippen LogP contribution in [-0.2, 0) is 21.9 Å². The van der Waals surface area contributed by atoms with Crippen molar-refractivity contribution in [1.29, 1.82) is 0 Å². The van der Waals surface area contributed by atoms with Gasteiger partial charge in [0.2, 0.25) is 21.8 Å². The summed E-state index contributed by atoms with van der Waals surface area (Å²) in [6.07, 6.45) is 1.90. The van der Waals surface area contributed by atoms with Gasteiger partial charge in [-0.3, -0.25) is 4.79 Å². The minimum atomic E-state index is -4.01. The van der Waals surface area contributed by atoms with Crippen LogP contribution in [0.1, 0.15) is 57.4 Å². The van der Waals surface area contributed by atoms with Crippen LogP contribution in [0.5, 0.6) is 11.6 Å². The van der Waals surface area contributed by atoms with E-state index in [9.17, 15) is 18.0 Å². The predicted molar refractivity (Wildman–Crippen MR) is 119 cm³/mol. The van der Waals surface area contributed by atoms with Crippen LogP contribution in [0.2, 0.25) is 0 Å². The number of sulfonamides is 1. The van der Waals surface area contributed by atoms with Gasteiger partial charge in [-0.25, -0.2) is 22.6 Å². The first-order valence-corrected chi connectivity index (χ1v) is 11.9. The van der Waals surface area contributed by atoms with Gasteiger partial charge in [-0.1, -0.05) is 20.8 Å². The highest BCUT2D eigenvalue weighted by molar-refractivity contribution is 7.89. The molecule has 1 heterocycles. The number of nitrogens with one attached hydrogen (secondary N) is 2. The van der Waals surface area contributed by atoms with Crippen LogP contribution in [0, 0.1) is 5.92 Å². The topological polar surface area (TPSA) is 140 Å². The van der Waals surface area contributed by atoms with Gasteiger partial charge in [-0.2, -0.15) is 5.10 Å². The van der Waals surface area contributed by atoms with Gasteiger partial charge in [0, 0.05) is 30.8 Å². The average Bonchev–Trinajstić information content (AvgIpc) is 3.10. The molecule has 0 radical (unpaired) electrons. The van der Waals surface area contributed by atoms with Crippen molar-refractivity contribution in [3.63, 3.8) is 0 Å². The van der Waals surface area contributed by atoms with Crippen LogP contribution in [0.25, 0.3) is 0 Å². The Kier molecular flexibility index (Phi) is 8.39. The molecule has 2 aromatic rings. The normalized spacial score (nSPS) is 12.6. The van der Waals surface area contributed by atoms with Crippen molar-refractivity contribution in [2.75, 3.05) is 5.32 Å². The molecule has 0 spiro atoms. The summed E-state index contributed by atoms with van der Waals surface area (Å²) in [4.78, 5) is 23.5. The number of nitrogens with zero attached hydrogens (tertiary/aromatic N) is 2. The maximum atomic E-state index is 13.1. The molecule has 1 amide bonds. The SMILES string of the molecule is CCC(C)NS(=O)(=O)c1cc(NC(=O)C(CC)CC)ccc1Oc1cc(C(=O)O)nn1C. The lowest BCUT2D eigenvalue weighted by atomic mass is 10.0. The first-order chi connectivity index (χ1) is 15.0. The molecule has 0 fully saturated rings. The lowest BCUT2D eigenvalue weighted by Gasteiger charge is -2.18. The Balaban J connectivity index is 2.48. The zero-order valence-corrected chi connectivity index (χ0v) is 19.7. The third-order valence-electron chi connectivity index (χ3n) is 5.10. The average molecular weight is 467 g/mol. The van der Waals surface area contributed by atoms with E-state index < -0.39 is 16.0 Å². The summed E-state index contributed by atoms with van der Waals surface area (Å²) < 4.78 is 35.7. The maximum Gasteiger partial charge on any atom is 0.356 e. The molecular weight excluding hydrogens is 436 g/mol. The molecule has 0 saturated carbocycles. The van der Waals surface area contributed by atoms with Gasteiger partial charge in [0.15, 0.2) is 5.69 Å². The number of carbonyl (C=O) groups is 2. The summed E-state index contributed by atoms with van der Waals surface area (Å²) in [7, 11) is -2.52. The van der Waals surface area contributed by atoms with Crippen molar-refractivity contribution >= 4 is 27.6 Å². The molecule has 1 aromatic heterocycles. The fourth-order valence-corrected chi connectivity index (χ4v) is 4.44. The number of hydrogen-bond acceptors (Lipinski definition) is 6. The molecule has 11 heteroatoms. The Labute approximate surface area is 188 Å². The third-order valence-corrected chi connectivity index (χ3v) is 6.71. The molecule has 3 N–H and O–H groups in total. The van der Waals surface area contributed by atoms with Crippen molar-refractivity contribution in [3.8, 4) is 11.6 Å². The third kappa shape index (κ3) is 6.07. The molecular formula is C21H30N4O6S. The number of benzene rings is 1. The second-order valence-corrected chi connectivity index (χ2v) is 9.18. The van der Waals surface area contributed by atoms with Crippen LogP contribution in [0.4, 0.5) is 5.69 Å². The van der Waals surface area contributed by atoms with E-state index in [2.05, 4.69) is 15.1 Å². The van der Waals surface area contributed by atoms with E-state index in [0.717, 1.165) is 0 Å². The van der Waals surface area contributed by atoms with E-state index >= 15 is 0 Å². The highest BCUT2D eigenvalue weighted by atomic mass is 32.2. The quantitative estimate of drug-likeness (QED) is 0.461. The van der Waals surface area contributed by atoms with Gasteiger partial charge in [0.25, 0.3) is 0 Å². The van der Waals surface area contributed by atoms with Gasteiger partial charge < -0.3 is 15.2 Å². The molecule has 10 nitrogen and oxygen atoms in total. The minimum Gasteiger partial charge on any atom is -0.476 e. The van der Waals surface area contributed by atoms with Crippen molar-refractivity contribution in [2.45, 2.75) is 57.9 Å². The van der Waals surface area contributed by atoms with E-state index in [4.69, 9.17) is 9.84 Å². The molecule has 1 atom stereocenters. The van der Waals surface area contributed by atoms with Crippen molar-refractivity contribution in [1.82, 2.24) is 14.5 Å². The number of amides is 1. The lowest BCUT2D eigenvalue weighted by molar-refractivity contribution is -0.120. The number of carboxylic acid groups (broad SMARTS) is 1. The standard InChI is InChI=1S/C21H30N4O6S/c1-6-13(4)24-32(29,30)18-11-15(22-20(26)14(7-2)8-3)9-10-17(18)31-19-12-16(21(27)28)23-25(19)5/h9-14,24H,6-8H2,1-5H3,(H,22,26)(H,27,28). The van der Waals surface area contributed by atoms with E-state index in [1.54, 1.807) is 6.92 Å². The fourth-order valence-electron chi connectivity index (χ4n) is 2.96. The number of carboxylic acids is 1. The second-order valence-electron chi connectivity index (χ2n) is 7.49. The summed E-state index contributed by atoms with van der Waals surface area (Å²) >= 11 is 0. The Bertz CT molecular complexity index is 1080. The van der Waals surface area contributed by atoms with Crippen LogP contribution < -0.4 is 14.8 Å². The van der Waals surface area contributed by atoms with Crippen LogP contribution in [0.15, 0.2) is 29.2 Å². The van der Waals surface area contributed by atoms with Crippen LogP contribution in [-0.4, -0.2) is 41.2 Å². The lowest BCUT2D eigenvalue weighted by Crippen LogP contribution is -2.32. The first-order valence-electron chi connectivity index (χ1n) is 10.4. The highest BCUT2D eigenvalue weighted by Gasteiger charge is 2.25. The van der Waals surface area contributed by atoms with E-state index in [-0.39, 0.29) is 40.1 Å². The van der Waals surface area contributed by atoms with Crippen LogP contribution >= 0.6 is 0 Å². The molecule has 0 bridgehead atoms. The largest absolute Gasteiger partial charge is 0.476 e. The molecule has 32 heavy (non-hydrogen) atoms. The van der Waals surface area contributed by atoms with Gasteiger partial charge in [0.1, 0.15) is 10.6 Å². The van der Waals surface area contributed by atoms with E-state index in [1.165, 1.54) is 36.0 Å². The Hall–Kier alpha value is -2.92. The maximum absolute atomic E-state index is 13.1. The number of rotatable bonds is 11. The number of hydrogen-bond donors (Lipinski definition) is 3. The monoisotopic (exact) mass is 466 g/mol. The first kappa shape index (κ1) is 25.3. The minimum absolute atomic E-state index is 0.0266. The van der Waals surface area contributed by atoms with Gasteiger partial charge in [-0.15, -0.1) is 0 Å². The van der Waals surface area contributed by atoms with E-state index in [1.807, 2.05) is 20.8 Å². The summed E-state index contributed by atoms with van der Waals surface area (Å²) in [5.41, 5.74) is 0.0775. The molecule has 0 aliphatic rings. The molecule has 1 aromatic carbocycles. The number of anilines is 1. The predicted octanol–water partition coefficient (Wildman–Crippen LogP) is 3.36. The summed E-state index contributed by atoms with van der Waals surface area (Å²) in [6.45, 7) is 7.41. The zero-order valence-electron chi connectivity index (χ0n) is 18.9. The Morgan fingerprint density at radius 3 is 2.34 bits per heavy atom. The summed E-state index contributed by atoms with van der Waals surface area (Å²) in [5.74, 6) is -1.59. The van der Waals surface area contributed by atoms with Gasteiger partial charge in [-0.05, 0) is 44.4 Å². The van der Waals surface area contributed by atoms with Crippen molar-refractivity contribution in [2.24, 2.45) is 13.0 Å². The number of aromatic nitrogens is 2. The number of carbonyl (C=O) groups excluding carboxylic acids is 1. The van der Waals surface area contributed by atoms with Crippen molar-refractivity contribution in [3.05, 3.63) is 30.0 Å². The zero-order chi connectivity index (χ0) is 24.1. The molecule has 0 saturated heterocycles. The second kappa shape index (κ2) is 10.6. The molecule has 176 valence electrons. The smallest absolute Gasteiger partial charge is 0.356 e. The number of ether oxygens (including phenoxy) is 1. The number of aromatic carboxylic acids is 1. The molecule has 0 aliphatic carbocycles. The number of aryl methyl sites for hydroxylation is 1. The van der Waals surface area contributed by atoms with Gasteiger partial charge in [0.05, 0.1) is 0 Å². The van der Waals surface area contributed by atoms with Gasteiger partial charge >= 0.3 is 5.97 Å². The van der Waals surface area contributed by atoms with E-state index in [0.29, 0.717) is 24.9 Å². The van der Waals surface area contributed by atoms with Crippen LogP contribution in [0.3, 0.4) is 0 Å². The summed E-state index contributed by atoms with van der Waals surface area (Å²) in [5, 5.41) is 15.7. The Morgan fingerprint density at radius 2 is 1.81 bits per heavy atom. The Morgan fingerprint density at radius 1 is 1.16 bits per heavy atom. The summed E-state index contributed by atoms with van der Waals surface area (Å²) in [6, 6.07) is 5.15. The highest BCUT2D eigenvalue weighted by Crippen LogP contribution is 2.32. The molecule has 1 unspecified atom stereocenters. The fraction of sp³-hybridized carbons (Fsp3) is 0.476. The molecule has 0 aliphatic heterocycles. The van der Waals surface area contributed by atoms with Crippen molar-refractivity contribution < 1.29 is 27.9 Å².